The van der Waals surface area contributed by atoms with Crippen molar-refractivity contribution in [1.82, 2.24) is 0 Å². The van der Waals surface area contributed by atoms with Gasteiger partial charge in [-0.1, -0.05) is 26.7 Å². The molecular weight excluding hydrogens is 238 g/mol. The fourth-order valence-electron chi connectivity index (χ4n) is 2.84. The van der Waals surface area contributed by atoms with E-state index in [1.807, 2.05) is 6.07 Å². The molecule has 1 atom stereocenters. The highest BCUT2D eigenvalue weighted by atomic mass is 16.1. The summed E-state index contributed by atoms with van der Waals surface area (Å²) in [5, 5.41) is 3.49. The molecule has 19 heavy (non-hydrogen) atoms. The lowest BCUT2D eigenvalue weighted by Gasteiger charge is -2.40. The Hall–Kier alpha value is -1.71. The van der Waals surface area contributed by atoms with E-state index in [1.165, 1.54) is 19.3 Å². The van der Waals surface area contributed by atoms with Gasteiger partial charge in [-0.15, -0.1) is 0 Å². The van der Waals surface area contributed by atoms with E-state index < -0.39 is 5.91 Å². The molecule has 1 amide bonds. The Morgan fingerprint density at radius 1 is 1.37 bits per heavy atom. The van der Waals surface area contributed by atoms with Crippen LogP contribution in [0, 0.1) is 5.41 Å². The molecule has 1 saturated carbocycles. The first kappa shape index (κ1) is 13.7. The van der Waals surface area contributed by atoms with E-state index in [4.69, 9.17) is 11.5 Å². The van der Waals surface area contributed by atoms with Gasteiger partial charge in [0.25, 0.3) is 5.91 Å². The van der Waals surface area contributed by atoms with Crippen molar-refractivity contribution in [3.8, 4) is 0 Å². The zero-order valence-corrected chi connectivity index (χ0v) is 11.7. The molecule has 5 N–H and O–H groups in total. The minimum atomic E-state index is -0.441. The van der Waals surface area contributed by atoms with E-state index in [-0.39, 0.29) is 5.41 Å². The topological polar surface area (TPSA) is 81.1 Å². The molecule has 1 unspecified atom stereocenters. The summed E-state index contributed by atoms with van der Waals surface area (Å²) in [5.41, 5.74) is 13.2. The summed E-state index contributed by atoms with van der Waals surface area (Å²) in [4.78, 5) is 11.5. The van der Waals surface area contributed by atoms with Gasteiger partial charge in [0, 0.05) is 17.4 Å². The zero-order valence-electron chi connectivity index (χ0n) is 11.7. The average molecular weight is 261 g/mol. The number of nitrogens with one attached hydrogen (secondary N) is 1. The zero-order chi connectivity index (χ0) is 14.0. The Balaban J connectivity index is 2.25. The van der Waals surface area contributed by atoms with Gasteiger partial charge < -0.3 is 16.8 Å². The van der Waals surface area contributed by atoms with E-state index in [1.54, 1.807) is 12.1 Å². The van der Waals surface area contributed by atoms with E-state index in [0.29, 0.717) is 17.3 Å². The van der Waals surface area contributed by atoms with Crippen LogP contribution in [-0.4, -0.2) is 11.9 Å². The second-order valence-electron chi connectivity index (χ2n) is 6.10. The van der Waals surface area contributed by atoms with Gasteiger partial charge in [-0.05, 0) is 36.5 Å². The van der Waals surface area contributed by atoms with Crippen molar-refractivity contribution >= 4 is 17.3 Å². The highest BCUT2D eigenvalue weighted by Gasteiger charge is 2.32. The highest BCUT2D eigenvalue weighted by Crippen LogP contribution is 2.37. The number of hydrogen-bond donors (Lipinski definition) is 3. The van der Waals surface area contributed by atoms with Gasteiger partial charge in [-0.25, -0.2) is 0 Å². The van der Waals surface area contributed by atoms with Crippen molar-refractivity contribution in [3.05, 3.63) is 23.8 Å². The lowest BCUT2D eigenvalue weighted by molar-refractivity contribution is 0.100. The Morgan fingerprint density at radius 3 is 2.74 bits per heavy atom. The van der Waals surface area contributed by atoms with Crippen LogP contribution < -0.4 is 16.8 Å². The molecule has 4 nitrogen and oxygen atoms in total. The van der Waals surface area contributed by atoms with E-state index in [0.717, 1.165) is 12.1 Å². The van der Waals surface area contributed by atoms with Crippen molar-refractivity contribution in [2.75, 3.05) is 11.1 Å². The number of primary amides is 1. The largest absolute Gasteiger partial charge is 0.399 e. The molecule has 1 aromatic rings. The fourth-order valence-corrected chi connectivity index (χ4v) is 2.84. The Morgan fingerprint density at radius 2 is 2.11 bits per heavy atom. The van der Waals surface area contributed by atoms with Crippen LogP contribution >= 0.6 is 0 Å². The summed E-state index contributed by atoms with van der Waals surface area (Å²) in [5.74, 6) is -0.441. The number of hydrogen-bond acceptors (Lipinski definition) is 3. The summed E-state index contributed by atoms with van der Waals surface area (Å²) >= 11 is 0. The minimum Gasteiger partial charge on any atom is -0.399 e. The van der Waals surface area contributed by atoms with E-state index >= 15 is 0 Å². The van der Waals surface area contributed by atoms with Gasteiger partial charge in [0.05, 0.1) is 5.56 Å². The maximum absolute atomic E-state index is 11.5. The monoisotopic (exact) mass is 261 g/mol. The van der Waals surface area contributed by atoms with Crippen molar-refractivity contribution in [3.63, 3.8) is 0 Å². The molecule has 1 fully saturated rings. The predicted octanol–water partition coefficient (Wildman–Crippen LogP) is 2.75. The average Bonchev–Trinajstić information content (AvgIpc) is 2.33. The molecule has 104 valence electrons. The van der Waals surface area contributed by atoms with Crippen LogP contribution in [0.3, 0.4) is 0 Å². The first-order valence-electron chi connectivity index (χ1n) is 6.86. The second kappa shape index (κ2) is 5.11. The van der Waals surface area contributed by atoms with Crippen molar-refractivity contribution in [2.24, 2.45) is 11.1 Å². The third-order valence-electron chi connectivity index (χ3n) is 4.15. The predicted molar refractivity (Wildman–Crippen MR) is 79.0 cm³/mol. The summed E-state index contributed by atoms with van der Waals surface area (Å²) in [6, 6.07) is 5.65. The molecule has 0 bridgehead atoms. The molecule has 0 saturated heterocycles. The minimum absolute atomic E-state index is 0.231. The number of carbonyl (C=O) groups excluding carboxylic acids is 1. The van der Waals surface area contributed by atoms with Crippen LogP contribution in [0.2, 0.25) is 0 Å². The van der Waals surface area contributed by atoms with E-state index in [2.05, 4.69) is 19.2 Å². The van der Waals surface area contributed by atoms with E-state index in [9.17, 15) is 4.79 Å². The smallest absolute Gasteiger partial charge is 0.250 e. The number of nitrogens with two attached hydrogens (primary N) is 2. The first-order valence-corrected chi connectivity index (χ1v) is 6.86. The van der Waals surface area contributed by atoms with Crippen LogP contribution in [0.5, 0.6) is 0 Å². The number of nitrogen functional groups attached to an aromatic ring is 1. The van der Waals surface area contributed by atoms with Crippen LogP contribution in [-0.2, 0) is 0 Å². The second-order valence-corrected chi connectivity index (χ2v) is 6.10. The molecule has 0 aliphatic heterocycles. The number of anilines is 2. The van der Waals surface area contributed by atoms with Crippen LogP contribution in [0.4, 0.5) is 11.4 Å². The fraction of sp³-hybridized carbons (Fsp3) is 0.533. The van der Waals surface area contributed by atoms with Crippen LogP contribution in [0.1, 0.15) is 49.9 Å². The SMILES string of the molecule is CC1(C)CCCCC1Nc1ccc(N)cc1C(N)=O. The van der Waals surface area contributed by atoms with Gasteiger partial charge in [-0.2, -0.15) is 0 Å². The number of rotatable bonds is 3. The number of carbonyl (C=O) groups is 1. The van der Waals surface area contributed by atoms with Crippen LogP contribution in [0.25, 0.3) is 0 Å². The first-order chi connectivity index (χ1) is 8.90. The standard InChI is InChI=1S/C15H23N3O/c1-15(2)8-4-3-5-13(15)18-12-7-6-10(16)9-11(12)14(17)19/h6-7,9,13,18H,3-5,8,16H2,1-2H3,(H2,17,19). The van der Waals surface area contributed by atoms with Crippen molar-refractivity contribution in [2.45, 2.75) is 45.6 Å². The van der Waals surface area contributed by atoms with Crippen molar-refractivity contribution < 1.29 is 4.79 Å². The molecule has 0 heterocycles. The molecular formula is C15H23N3O. The molecule has 4 heteroatoms. The van der Waals surface area contributed by atoms with Gasteiger partial charge in [0.1, 0.15) is 0 Å². The molecule has 1 aliphatic carbocycles. The summed E-state index contributed by atoms with van der Waals surface area (Å²) < 4.78 is 0. The number of benzene rings is 1. The maximum atomic E-state index is 11.5. The summed E-state index contributed by atoms with van der Waals surface area (Å²) in [6.45, 7) is 4.54. The summed E-state index contributed by atoms with van der Waals surface area (Å²) in [6.07, 6.45) is 4.82. The molecule has 0 radical (unpaired) electrons. The third kappa shape index (κ3) is 3.00. The van der Waals surface area contributed by atoms with Gasteiger partial charge in [0.15, 0.2) is 0 Å². The molecule has 0 spiro atoms. The Labute approximate surface area is 114 Å². The van der Waals surface area contributed by atoms with Gasteiger partial charge in [-0.3, -0.25) is 4.79 Å². The molecule has 0 aromatic heterocycles. The Kier molecular flexibility index (Phi) is 3.69. The quantitative estimate of drug-likeness (QED) is 0.732. The van der Waals surface area contributed by atoms with Crippen LogP contribution in [0.15, 0.2) is 18.2 Å². The normalized spacial score (nSPS) is 21.9. The Bertz CT molecular complexity index is 482. The number of amides is 1. The molecule has 1 aromatic carbocycles. The van der Waals surface area contributed by atoms with Gasteiger partial charge in [0.2, 0.25) is 0 Å². The lowest BCUT2D eigenvalue weighted by Crippen LogP contribution is -2.39. The lowest BCUT2D eigenvalue weighted by atomic mass is 9.73. The maximum Gasteiger partial charge on any atom is 0.250 e. The summed E-state index contributed by atoms with van der Waals surface area (Å²) in [7, 11) is 0. The third-order valence-corrected chi connectivity index (χ3v) is 4.15. The molecule has 1 aliphatic rings. The van der Waals surface area contributed by atoms with Crippen molar-refractivity contribution in [1.29, 1.82) is 0 Å². The molecule has 2 rings (SSSR count). The highest BCUT2D eigenvalue weighted by molar-refractivity contribution is 5.99. The van der Waals surface area contributed by atoms with Gasteiger partial charge >= 0.3 is 0 Å².